The molecule has 0 spiro atoms. The van der Waals surface area contributed by atoms with Crippen molar-refractivity contribution in [2.45, 2.75) is 32.9 Å². The van der Waals surface area contributed by atoms with Gasteiger partial charge in [-0.1, -0.05) is 29.8 Å². The summed E-state index contributed by atoms with van der Waals surface area (Å²) >= 11 is 0. The predicted molar refractivity (Wildman–Crippen MR) is 114 cm³/mol. The Balaban J connectivity index is 2.35. The van der Waals surface area contributed by atoms with Gasteiger partial charge >= 0.3 is 0 Å². The van der Waals surface area contributed by atoms with Gasteiger partial charge in [0.15, 0.2) is 0 Å². The summed E-state index contributed by atoms with van der Waals surface area (Å²) in [4.78, 5) is 12.9. The average molecular weight is 421 g/mol. The van der Waals surface area contributed by atoms with Crippen LogP contribution in [0.25, 0.3) is 0 Å². The molecule has 7 nitrogen and oxygen atoms in total. The lowest BCUT2D eigenvalue weighted by atomic mass is 10.1. The van der Waals surface area contributed by atoms with Crippen LogP contribution in [0.1, 0.15) is 31.0 Å². The Morgan fingerprint density at radius 2 is 1.66 bits per heavy atom. The molecule has 2 rings (SSSR count). The number of amides is 1. The molecule has 0 fully saturated rings. The summed E-state index contributed by atoms with van der Waals surface area (Å²) in [7, 11) is -0.867. The second-order valence-electron chi connectivity index (χ2n) is 6.91. The molecule has 0 aliphatic heterocycles. The minimum atomic E-state index is -3.79. The van der Waals surface area contributed by atoms with Crippen molar-refractivity contribution >= 4 is 21.6 Å². The normalized spacial score (nSPS) is 13.3. The van der Waals surface area contributed by atoms with Crippen LogP contribution in [0.2, 0.25) is 0 Å². The number of ether oxygens (including phenoxy) is 2. The second-order valence-corrected chi connectivity index (χ2v) is 8.77. The van der Waals surface area contributed by atoms with Crippen LogP contribution in [0.4, 0.5) is 5.69 Å². The van der Waals surface area contributed by atoms with E-state index in [1.165, 1.54) is 27.2 Å². The van der Waals surface area contributed by atoms with Crippen molar-refractivity contribution in [3.05, 3.63) is 53.6 Å². The Morgan fingerprint density at radius 3 is 2.17 bits per heavy atom. The lowest BCUT2D eigenvalue weighted by molar-refractivity contribution is -0.122. The highest BCUT2D eigenvalue weighted by Gasteiger charge is 2.32. The number of hydrogen-bond acceptors (Lipinski definition) is 5. The second kappa shape index (κ2) is 9.17. The van der Waals surface area contributed by atoms with E-state index in [-0.39, 0.29) is 11.7 Å². The summed E-state index contributed by atoms with van der Waals surface area (Å²) in [5, 5.41) is 2.89. The summed E-state index contributed by atoms with van der Waals surface area (Å²) in [6, 6.07) is 11.3. The third-order valence-electron chi connectivity index (χ3n) is 4.65. The maximum atomic E-state index is 12.9. The van der Waals surface area contributed by atoms with E-state index in [2.05, 4.69) is 5.32 Å². The number of benzene rings is 2. The summed E-state index contributed by atoms with van der Waals surface area (Å²) < 4.78 is 36.8. The topological polar surface area (TPSA) is 84.9 Å². The molecule has 0 aliphatic carbocycles. The molecule has 158 valence electrons. The van der Waals surface area contributed by atoms with Crippen LogP contribution in [-0.4, -0.2) is 40.8 Å². The van der Waals surface area contributed by atoms with Crippen molar-refractivity contribution in [2.24, 2.45) is 0 Å². The Bertz CT molecular complexity index is 958. The zero-order valence-corrected chi connectivity index (χ0v) is 18.4. The van der Waals surface area contributed by atoms with Crippen molar-refractivity contribution in [1.29, 1.82) is 0 Å². The zero-order valence-electron chi connectivity index (χ0n) is 17.6. The fourth-order valence-electron chi connectivity index (χ4n) is 3.02. The van der Waals surface area contributed by atoms with Gasteiger partial charge in [0.05, 0.1) is 32.2 Å². The van der Waals surface area contributed by atoms with Crippen LogP contribution in [0.3, 0.4) is 0 Å². The third kappa shape index (κ3) is 5.41. The Hall–Kier alpha value is -2.74. The van der Waals surface area contributed by atoms with E-state index in [0.29, 0.717) is 11.5 Å². The van der Waals surface area contributed by atoms with E-state index in [0.717, 1.165) is 21.7 Å². The predicted octanol–water partition coefficient (Wildman–Crippen LogP) is 3.04. The molecule has 0 bridgehead atoms. The summed E-state index contributed by atoms with van der Waals surface area (Å²) in [6.45, 7) is 5.38. The molecule has 2 aromatic carbocycles. The molecular weight excluding hydrogens is 392 g/mol. The number of carbonyl (C=O) groups excluding carboxylic acids is 1. The first-order valence-electron chi connectivity index (χ1n) is 9.16. The first-order chi connectivity index (χ1) is 13.6. The molecule has 1 N–H and O–H groups in total. The highest BCUT2D eigenvalue weighted by molar-refractivity contribution is 7.92. The fourth-order valence-corrected chi connectivity index (χ4v) is 4.19. The van der Waals surface area contributed by atoms with E-state index in [4.69, 9.17) is 9.47 Å². The maximum Gasteiger partial charge on any atom is 0.244 e. The number of anilines is 1. The number of carbonyl (C=O) groups is 1. The lowest BCUT2D eigenvalue weighted by Crippen LogP contribution is -2.48. The van der Waals surface area contributed by atoms with Crippen molar-refractivity contribution in [2.75, 3.05) is 24.8 Å². The highest BCUT2D eigenvalue weighted by Crippen LogP contribution is 2.35. The highest BCUT2D eigenvalue weighted by atomic mass is 32.2. The molecule has 0 heterocycles. The van der Waals surface area contributed by atoms with Gasteiger partial charge in [0, 0.05) is 6.07 Å². The molecule has 1 amide bonds. The van der Waals surface area contributed by atoms with E-state index in [9.17, 15) is 13.2 Å². The number of hydrogen-bond donors (Lipinski definition) is 1. The fraction of sp³-hybridized carbons (Fsp3) is 0.381. The van der Waals surface area contributed by atoms with E-state index in [1.807, 2.05) is 38.1 Å². The molecule has 29 heavy (non-hydrogen) atoms. The van der Waals surface area contributed by atoms with Gasteiger partial charge in [-0.05, 0) is 38.5 Å². The molecule has 2 atom stereocenters. The molecule has 8 heteroatoms. The maximum absolute atomic E-state index is 12.9. The first kappa shape index (κ1) is 22.5. The standard InChI is InChI=1S/C21H28N2O5S/c1-14-7-9-17(10-8-14)15(2)22-21(24)16(3)23(29(6,25)26)19-13-18(27-4)11-12-20(19)28-5/h7-13,15-16H,1-6H3,(H,22,24)/t15-,16-/m0/s1. The number of nitrogens with one attached hydrogen (secondary N) is 1. The van der Waals surface area contributed by atoms with Crippen molar-refractivity contribution in [1.82, 2.24) is 5.32 Å². The molecule has 0 radical (unpaired) electrons. The Morgan fingerprint density at radius 1 is 1.03 bits per heavy atom. The quantitative estimate of drug-likeness (QED) is 0.710. The van der Waals surface area contributed by atoms with E-state index < -0.39 is 22.0 Å². The third-order valence-corrected chi connectivity index (χ3v) is 5.88. The zero-order chi connectivity index (χ0) is 21.8. The van der Waals surface area contributed by atoms with Gasteiger partial charge in [0.25, 0.3) is 0 Å². The van der Waals surface area contributed by atoms with Gasteiger partial charge < -0.3 is 14.8 Å². The lowest BCUT2D eigenvalue weighted by Gasteiger charge is -2.30. The van der Waals surface area contributed by atoms with Crippen molar-refractivity contribution < 1.29 is 22.7 Å². The number of sulfonamides is 1. The molecule has 0 unspecified atom stereocenters. The van der Waals surface area contributed by atoms with Crippen LogP contribution in [0.5, 0.6) is 11.5 Å². The molecular formula is C21H28N2O5S. The molecule has 0 aromatic heterocycles. The summed E-state index contributed by atoms with van der Waals surface area (Å²) in [5.41, 5.74) is 2.29. The first-order valence-corrected chi connectivity index (χ1v) is 11.0. The molecule has 0 aliphatic rings. The number of rotatable bonds is 8. The SMILES string of the molecule is COc1ccc(OC)c(N([C@@H](C)C(=O)N[C@@H](C)c2ccc(C)cc2)S(C)(=O)=O)c1. The van der Waals surface area contributed by atoms with Gasteiger partial charge in [-0.2, -0.15) is 0 Å². The van der Waals surface area contributed by atoms with Gasteiger partial charge in [-0.3, -0.25) is 9.10 Å². The van der Waals surface area contributed by atoms with Gasteiger partial charge in [-0.25, -0.2) is 8.42 Å². The molecule has 0 saturated heterocycles. The largest absolute Gasteiger partial charge is 0.497 e. The summed E-state index contributed by atoms with van der Waals surface area (Å²) in [6.07, 6.45) is 1.05. The van der Waals surface area contributed by atoms with Crippen molar-refractivity contribution in [3.8, 4) is 11.5 Å². The monoisotopic (exact) mass is 420 g/mol. The van der Waals surface area contributed by atoms with Crippen molar-refractivity contribution in [3.63, 3.8) is 0 Å². The Kier molecular flexibility index (Phi) is 7.13. The van der Waals surface area contributed by atoms with Crippen LogP contribution in [-0.2, 0) is 14.8 Å². The summed E-state index contributed by atoms with van der Waals surface area (Å²) in [5.74, 6) is 0.353. The average Bonchev–Trinajstić information content (AvgIpc) is 2.67. The van der Waals surface area contributed by atoms with Crippen LogP contribution in [0, 0.1) is 6.92 Å². The molecule has 0 saturated carbocycles. The van der Waals surface area contributed by atoms with Crippen LogP contribution < -0.4 is 19.1 Å². The van der Waals surface area contributed by atoms with E-state index in [1.54, 1.807) is 12.1 Å². The number of nitrogens with zero attached hydrogens (tertiary/aromatic N) is 1. The minimum absolute atomic E-state index is 0.236. The number of methoxy groups -OCH3 is 2. The van der Waals surface area contributed by atoms with E-state index >= 15 is 0 Å². The van der Waals surface area contributed by atoms with Crippen LogP contribution in [0.15, 0.2) is 42.5 Å². The Labute approximate surface area is 172 Å². The minimum Gasteiger partial charge on any atom is -0.497 e. The van der Waals surface area contributed by atoms with Gasteiger partial charge in [0.1, 0.15) is 17.5 Å². The molecule has 2 aromatic rings. The van der Waals surface area contributed by atoms with Gasteiger partial charge in [0.2, 0.25) is 15.9 Å². The number of aryl methyl sites for hydroxylation is 1. The van der Waals surface area contributed by atoms with Crippen LogP contribution >= 0.6 is 0 Å². The smallest absolute Gasteiger partial charge is 0.244 e. The van der Waals surface area contributed by atoms with Gasteiger partial charge in [-0.15, -0.1) is 0 Å².